The summed E-state index contributed by atoms with van der Waals surface area (Å²) in [7, 11) is 1.43. The van der Waals surface area contributed by atoms with Crippen molar-refractivity contribution in [1.29, 1.82) is 0 Å². The van der Waals surface area contributed by atoms with E-state index in [1.807, 2.05) is 0 Å². The lowest BCUT2D eigenvalue weighted by molar-refractivity contribution is -0.385. The van der Waals surface area contributed by atoms with Crippen molar-refractivity contribution in [1.82, 2.24) is 5.32 Å². The van der Waals surface area contributed by atoms with Crippen LogP contribution in [-0.4, -0.2) is 41.5 Å². The highest BCUT2D eigenvalue weighted by molar-refractivity contribution is 5.42. The number of benzene rings is 1. The summed E-state index contributed by atoms with van der Waals surface area (Å²) in [6, 6.07) is 3.96. The van der Waals surface area contributed by atoms with Crippen LogP contribution in [0.2, 0.25) is 0 Å². The predicted molar refractivity (Wildman–Crippen MR) is 64.4 cm³/mol. The molecule has 0 radical (unpaired) electrons. The van der Waals surface area contributed by atoms with Crippen molar-refractivity contribution in [2.75, 3.05) is 20.3 Å². The Morgan fingerprint density at radius 1 is 1.39 bits per heavy atom. The van der Waals surface area contributed by atoms with E-state index in [4.69, 9.17) is 14.9 Å². The summed E-state index contributed by atoms with van der Waals surface area (Å²) in [6.07, 6.45) is 0. The molecule has 0 aromatic heterocycles. The fourth-order valence-corrected chi connectivity index (χ4v) is 1.42. The largest absolute Gasteiger partial charge is 0.496 e. The average Bonchev–Trinajstić information content (AvgIpc) is 2.39. The van der Waals surface area contributed by atoms with Gasteiger partial charge in [-0.25, -0.2) is 0 Å². The van der Waals surface area contributed by atoms with E-state index in [-0.39, 0.29) is 18.9 Å². The van der Waals surface area contributed by atoms with Gasteiger partial charge < -0.3 is 20.3 Å². The molecule has 0 saturated carbocycles. The first-order valence-corrected chi connectivity index (χ1v) is 5.38. The van der Waals surface area contributed by atoms with Gasteiger partial charge in [-0.2, -0.15) is 0 Å². The number of aliphatic hydroxyl groups is 2. The summed E-state index contributed by atoms with van der Waals surface area (Å²) in [5, 5.41) is 31.4. The van der Waals surface area contributed by atoms with Gasteiger partial charge in [0.05, 0.1) is 37.4 Å². The molecule has 0 fully saturated rings. The van der Waals surface area contributed by atoms with E-state index < -0.39 is 11.0 Å². The van der Waals surface area contributed by atoms with Crippen LogP contribution in [0.5, 0.6) is 5.75 Å². The van der Waals surface area contributed by atoms with Crippen molar-refractivity contribution >= 4 is 5.69 Å². The molecule has 0 amide bonds. The van der Waals surface area contributed by atoms with Gasteiger partial charge in [0.15, 0.2) is 0 Å². The first-order valence-electron chi connectivity index (χ1n) is 5.38. The summed E-state index contributed by atoms with van der Waals surface area (Å²) >= 11 is 0. The van der Waals surface area contributed by atoms with Gasteiger partial charge in [-0.1, -0.05) is 0 Å². The summed E-state index contributed by atoms with van der Waals surface area (Å²) in [4.78, 5) is 10.2. The standard InChI is InChI=1S/C11H16N2O5/c1-18-11-3-8(2-10(4-11)13(16)17)5-12-9(6-14)7-15/h2-4,9,12,14-15H,5-7H2,1H3. The second-order valence-electron chi connectivity index (χ2n) is 3.74. The Balaban J connectivity index is 2.81. The van der Waals surface area contributed by atoms with Gasteiger partial charge in [-0.05, 0) is 11.6 Å². The van der Waals surface area contributed by atoms with Crippen molar-refractivity contribution in [2.24, 2.45) is 0 Å². The van der Waals surface area contributed by atoms with Crippen molar-refractivity contribution in [3.63, 3.8) is 0 Å². The Morgan fingerprint density at radius 2 is 2.06 bits per heavy atom. The van der Waals surface area contributed by atoms with Gasteiger partial charge >= 0.3 is 0 Å². The maximum absolute atomic E-state index is 10.7. The Bertz CT molecular complexity index is 406. The third kappa shape index (κ3) is 3.95. The molecule has 0 bridgehead atoms. The molecule has 3 N–H and O–H groups in total. The third-order valence-corrected chi connectivity index (χ3v) is 2.43. The van der Waals surface area contributed by atoms with E-state index in [0.29, 0.717) is 17.9 Å². The Morgan fingerprint density at radius 3 is 2.56 bits per heavy atom. The lowest BCUT2D eigenvalue weighted by Crippen LogP contribution is -2.35. The van der Waals surface area contributed by atoms with Crippen LogP contribution in [0.4, 0.5) is 5.69 Å². The first-order chi connectivity index (χ1) is 8.60. The molecule has 7 heteroatoms. The number of rotatable bonds is 7. The highest BCUT2D eigenvalue weighted by atomic mass is 16.6. The van der Waals surface area contributed by atoms with Gasteiger partial charge in [0.2, 0.25) is 0 Å². The van der Waals surface area contributed by atoms with E-state index in [9.17, 15) is 10.1 Å². The van der Waals surface area contributed by atoms with Crippen molar-refractivity contribution < 1.29 is 19.9 Å². The van der Waals surface area contributed by atoms with Crippen LogP contribution < -0.4 is 10.1 Å². The number of ether oxygens (including phenoxy) is 1. The molecule has 0 spiro atoms. The van der Waals surface area contributed by atoms with E-state index in [1.54, 1.807) is 6.07 Å². The van der Waals surface area contributed by atoms with Crippen LogP contribution in [0.15, 0.2) is 18.2 Å². The van der Waals surface area contributed by atoms with Crippen LogP contribution in [-0.2, 0) is 6.54 Å². The number of hydrogen-bond donors (Lipinski definition) is 3. The molecule has 1 rings (SSSR count). The summed E-state index contributed by atoms with van der Waals surface area (Å²) in [5.74, 6) is 0.394. The Hall–Kier alpha value is -1.70. The van der Waals surface area contributed by atoms with Crippen LogP contribution in [0, 0.1) is 10.1 Å². The van der Waals surface area contributed by atoms with E-state index in [0.717, 1.165) is 0 Å². The average molecular weight is 256 g/mol. The molecular formula is C11H16N2O5. The molecule has 0 unspecified atom stereocenters. The smallest absolute Gasteiger partial charge is 0.273 e. The molecule has 0 aliphatic heterocycles. The minimum atomic E-state index is -0.498. The monoisotopic (exact) mass is 256 g/mol. The van der Waals surface area contributed by atoms with Crippen LogP contribution >= 0.6 is 0 Å². The molecule has 100 valence electrons. The van der Waals surface area contributed by atoms with Gasteiger partial charge in [-0.15, -0.1) is 0 Å². The lowest BCUT2D eigenvalue weighted by Gasteiger charge is -2.13. The normalized spacial score (nSPS) is 10.7. The summed E-state index contributed by atoms with van der Waals surface area (Å²) in [6.45, 7) is -0.116. The second kappa shape index (κ2) is 6.90. The zero-order valence-electron chi connectivity index (χ0n) is 10.00. The maximum atomic E-state index is 10.7. The highest BCUT2D eigenvalue weighted by Crippen LogP contribution is 2.22. The number of aliphatic hydroxyl groups excluding tert-OH is 2. The van der Waals surface area contributed by atoms with Gasteiger partial charge in [0.1, 0.15) is 5.75 Å². The Labute approximate surface area is 104 Å². The Kier molecular flexibility index (Phi) is 5.50. The number of hydrogen-bond acceptors (Lipinski definition) is 6. The van der Waals surface area contributed by atoms with Crippen molar-refractivity contribution in [3.05, 3.63) is 33.9 Å². The predicted octanol–water partition coefficient (Wildman–Crippen LogP) is 0.0462. The zero-order valence-corrected chi connectivity index (χ0v) is 10.00. The second-order valence-corrected chi connectivity index (χ2v) is 3.74. The maximum Gasteiger partial charge on any atom is 0.273 e. The fraction of sp³-hybridized carbons (Fsp3) is 0.455. The number of nitro groups is 1. The molecule has 0 heterocycles. The topological polar surface area (TPSA) is 105 Å². The number of nitro benzene ring substituents is 1. The first kappa shape index (κ1) is 14.4. The number of nitrogens with one attached hydrogen (secondary N) is 1. The van der Waals surface area contributed by atoms with Gasteiger partial charge in [-0.3, -0.25) is 10.1 Å². The highest BCUT2D eigenvalue weighted by Gasteiger charge is 2.11. The molecule has 0 aliphatic rings. The lowest BCUT2D eigenvalue weighted by atomic mass is 10.1. The molecule has 1 aromatic carbocycles. The molecule has 1 aromatic rings. The van der Waals surface area contributed by atoms with E-state index in [1.165, 1.54) is 19.2 Å². The molecular weight excluding hydrogens is 240 g/mol. The van der Waals surface area contributed by atoms with Crippen molar-refractivity contribution in [2.45, 2.75) is 12.6 Å². The van der Waals surface area contributed by atoms with Crippen LogP contribution in [0.25, 0.3) is 0 Å². The molecule has 0 aliphatic carbocycles. The number of methoxy groups -OCH3 is 1. The van der Waals surface area contributed by atoms with Gasteiger partial charge in [0, 0.05) is 12.6 Å². The van der Waals surface area contributed by atoms with E-state index >= 15 is 0 Å². The minimum Gasteiger partial charge on any atom is -0.496 e. The van der Waals surface area contributed by atoms with Gasteiger partial charge in [0.25, 0.3) is 5.69 Å². The quantitative estimate of drug-likeness (QED) is 0.470. The SMILES string of the molecule is COc1cc(CNC(CO)CO)cc([N+](=O)[O-])c1. The molecule has 0 saturated heterocycles. The summed E-state index contributed by atoms with van der Waals surface area (Å²) in [5.41, 5.74) is 0.587. The fourth-order valence-electron chi connectivity index (χ4n) is 1.42. The zero-order chi connectivity index (χ0) is 13.5. The third-order valence-electron chi connectivity index (χ3n) is 2.43. The molecule has 18 heavy (non-hydrogen) atoms. The summed E-state index contributed by atoms with van der Waals surface area (Å²) < 4.78 is 4.97. The molecule has 0 atom stereocenters. The van der Waals surface area contributed by atoms with Crippen LogP contribution in [0.1, 0.15) is 5.56 Å². The number of non-ortho nitro benzene ring substituents is 1. The van der Waals surface area contributed by atoms with Crippen LogP contribution in [0.3, 0.4) is 0 Å². The molecule has 7 nitrogen and oxygen atoms in total. The van der Waals surface area contributed by atoms with Crippen molar-refractivity contribution in [3.8, 4) is 5.75 Å². The minimum absolute atomic E-state index is 0.0595. The van der Waals surface area contributed by atoms with E-state index in [2.05, 4.69) is 5.32 Å². The number of nitrogens with zero attached hydrogens (tertiary/aromatic N) is 1.